The van der Waals surface area contributed by atoms with Crippen LogP contribution in [0.1, 0.15) is 101 Å². The summed E-state index contributed by atoms with van der Waals surface area (Å²) in [6.07, 6.45) is 0. The van der Waals surface area contributed by atoms with Crippen molar-refractivity contribution < 1.29 is 0 Å². The van der Waals surface area contributed by atoms with E-state index in [4.69, 9.17) is 0 Å². The highest BCUT2D eigenvalue weighted by Gasteiger charge is 2.21. The molecule has 2 aromatic carbocycles. The molecule has 0 fully saturated rings. The van der Waals surface area contributed by atoms with E-state index in [9.17, 15) is 0 Å². The quantitative estimate of drug-likeness (QED) is 0.236. The van der Waals surface area contributed by atoms with Gasteiger partial charge in [-0.15, -0.1) is 0 Å². The highest BCUT2D eigenvalue weighted by molar-refractivity contribution is 7.38. The molecular weight excluding hydrogens is 385 g/mol. The Morgan fingerprint density at radius 1 is 0.767 bits per heavy atom. The summed E-state index contributed by atoms with van der Waals surface area (Å²) in [6, 6.07) is 13.4. The van der Waals surface area contributed by atoms with Crippen LogP contribution < -0.4 is 9.99 Å². The number of nitrogens with zero attached hydrogens (tertiary/aromatic N) is 2. The average molecular weight is 426 g/mol. The number of hydrogen-bond donors (Lipinski definition) is 1. The molecule has 1 atom stereocenters. The third-order valence-corrected chi connectivity index (χ3v) is 6.36. The Balaban J connectivity index is 2.50. The van der Waals surface area contributed by atoms with Crippen LogP contribution in [0, 0.1) is 0 Å². The standard InChI is InChI=1S/C26H40N3P/c1-17(2)21-12-10-13-22(18(3)4)25(21)28-16-29(30-27-9)26-23(19(5)6)14-11-15-24(26)20(7)8/h10-15,17-20,28,30H,9,16H2,1-8H3. The second kappa shape index (κ2) is 11.0. The second-order valence-electron chi connectivity index (χ2n) is 9.24. The first-order chi connectivity index (χ1) is 14.2. The van der Waals surface area contributed by atoms with Crippen molar-refractivity contribution >= 4 is 27.0 Å². The van der Waals surface area contributed by atoms with E-state index in [-0.39, 0.29) is 8.88 Å². The topological polar surface area (TPSA) is 27.6 Å². The first kappa shape index (κ1) is 24.4. The van der Waals surface area contributed by atoms with Gasteiger partial charge in [-0.2, -0.15) is 0 Å². The maximum atomic E-state index is 4.30. The minimum absolute atomic E-state index is 0.281. The van der Waals surface area contributed by atoms with Crippen molar-refractivity contribution in [2.24, 2.45) is 4.76 Å². The van der Waals surface area contributed by atoms with Crippen LogP contribution in [0.25, 0.3) is 0 Å². The third kappa shape index (κ3) is 5.64. The van der Waals surface area contributed by atoms with Crippen molar-refractivity contribution in [3.05, 3.63) is 58.7 Å². The number of benzene rings is 2. The number of rotatable bonds is 10. The lowest BCUT2D eigenvalue weighted by atomic mass is 9.92. The first-order valence-electron chi connectivity index (χ1n) is 11.2. The fourth-order valence-corrected chi connectivity index (χ4v) is 4.67. The molecule has 0 heterocycles. The monoisotopic (exact) mass is 425 g/mol. The summed E-state index contributed by atoms with van der Waals surface area (Å²) in [5.74, 6) is 1.83. The molecule has 1 unspecified atom stereocenters. The molecule has 1 N–H and O–H groups in total. The average Bonchev–Trinajstić information content (AvgIpc) is 2.69. The molecule has 2 rings (SSSR count). The molecule has 0 bridgehead atoms. The van der Waals surface area contributed by atoms with Gasteiger partial charge in [-0.05, 0) is 52.6 Å². The number of nitrogens with one attached hydrogen (secondary N) is 1. The van der Waals surface area contributed by atoms with Crippen molar-refractivity contribution in [1.29, 1.82) is 0 Å². The first-order valence-corrected chi connectivity index (χ1v) is 12.1. The Morgan fingerprint density at radius 3 is 1.53 bits per heavy atom. The minimum Gasteiger partial charge on any atom is -0.367 e. The van der Waals surface area contributed by atoms with Gasteiger partial charge in [0.1, 0.15) is 8.88 Å². The Morgan fingerprint density at radius 2 is 1.17 bits per heavy atom. The summed E-state index contributed by atoms with van der Waals surface area (Å²) in [6.45, 7) is 22.7. The van der Waals surface area contributed by atoms with E-state index in [0.29, 0.717) is 30.3 Å². The predicted molar refractivity (Wildman–Crippen MR) is 138 cm³/mol. The zero-order chi connectivity index (χ0) is 22.4. The van der Waals surface area contributed by atoms with Crippen molar-refractivity contribution in [3.63, 3.8) is 0 Å². The molecule has 0 spiro atoms. The zero-order valence-corrected chi connectivity index (χ0v) is 21.1. The van der Waals surface area contributed by atoms with Gasteiger partial charge in [0, 0.05) is 11.4 Å². The molecule has 3 nitrogen and oxygen atoms in total. The van der Waals surface area contributed by atoms with E-state index >= 15 is 0 Å². The summed E-state index contributed by atoms with van der Waals surface area (Å²) >= 11 is 0. The van der Waals surface area contributed by atoms with E-state index in [1.54, 1.807) is 0 Å². The van der Waals surface area contributed by atoms with Crippen molar-refractivity contribution in [1.82, 2.24) is 0 Å². The van der Waals surface area contributed by atoms with Gasteiger partial charge in [0.15, 0.2) is 0 Å². The largest absolute Gasteiger partial charge is 0.367 e. The Kier molecular flexibility index (Phi) is 8.92. The highest BCUT2D eigenvalue weighted by atomic mass is 31.1. The normalized spacial score (nSPS) is 12.0. The van der Waals surface area contributed by atoms with Crippen LogP contribution in [0.15, 0.2) is 41.2 Å². The fraction of sp³-hybridized carbons (Fsp3) is 0.500. The summed E-state index contributed by atoms with van der Waals surface area (Å²) in [4.78, 5) is 0. The van der Waals surface area contributed by atoms with Crippen LogP contribution in [0.2, 0.25) is 0 Å². The van der Waals surface area contributed by atoms with E-state index < -0.39 is 0 Å². The molecule has 30 heavy (non-hydrogen) atoms. The molecular formula is C26H40N3P. The summed E-state index contributed by atoms with van der Waals surface area (Å²) < 4.78 is 6.68. The molecule has 2 aromatic rings. The maximum absolute atomic E-state index is 4.30. The van der Waals surface area contributed by atoms with Crippen molar-refractivity contribution in [2.75, 3.05) is 16.7 Å². The van der Waals surface area contributed by atoms with Crippen LogP contribution in [0.5, 0.6) is 0 Å². The van der Waals surface area contributed by atoms with Crippen LogP contribution in [-0.2, 0) is 0 Å². The van der Waals surface area contributed by atoms with Crippen LogP contribution in [-0.4, -0.2) is 13.4 Å². The van der Waals surface area contributed by atoms with Gasteiger partial charge in [-0.1, -0.05) is 91.8 Å². The second-order valence-corrected chi connectivity index (χ2v) is 10.3. The smallest absolute Gasteiger partial charge is 0.102 e. The molecule has 4 heteroatoms. The number of hydrogen-bond acceptors (Lipinski definition) is 3. The number of para-hydroxylation sites is 2. The van der Waals surface area contributed by atoms with Gasteiger partial charge in [-0.3, -0.25) is 4.76 Å². The number of anilines is 2. The Bertz CT molecular complexity index is 788. The molecule has 0 saturated heterocycles. The summed E-state index contributed by atoms with van der Waals surface area (Å²) in [5.41, 5.74) is 8.08. The highest BCUT2D eigenvalue weighted by Crippen LogP contribution is 2.41. The van der Waals surface area contributed by atoms with E-state index in [2.05, 4.69) is 113 Å². The molecule has 0 saturated carbocycles. The molecule has 0 radical (unpaired) electrons. The molecule has 164 valence electrons. The molecule has 0 aromatic heterocycles. The van der Waals surface area contributed by atoms with Crippen molar-refractivity contribution in [3.8, 4) is 0 Å². The van der Waals surface area contributed by atoms with Gasteiger partial charge in [0.2, 0.25) is 0 Å². The maximum Gasteiger partial charge on any atom is 0.102 e. The van der Waals surface area contributed by atoms with Gasteiger partial charge in [-0.25, -0.2) is 0 Å². The van der Waals surface area contributed by atoms with Gasteiger partial charge in [0.25, 0.3) is 0 Å². The Labute approximate surface area is 186 Å². The third-order valence-electron chi connectivity index (χ3n) is 5.59. The SMILES string of the molecule is C=NPN(CNc1c(C(C)C)cccc1C(C)C)c1c(C(C)C)cccc1C(C)C. The van der Waals surface area contributed by atoms with E-state index in [0.717, 1.165) is 0 Å². The minimum atomic E-state index is 0.281. The zero-order valence-electron chi connectivity index (χ0n) is 20.1. The van der Waals surface area contributed by atoms with E-state index in [1.165, 1.54) is 33.6 Å². The lowest BCUT2D eigenvalue weighted by Crippen LogP contribution is -2.25. The Hall–Kier alpha value is -1.86. The van der Waals surface area contributed by atoms with Crippen LogP contribution >= 0.6 is 8.88 Å². The molecule has 0 aliphatic carbocycles. The molecule has 0 aliphatic heterocycles. The van der Waals surface area contributed by atoms with Crippen molar-refractivity contribution in [2.45, 2.75) is 79.1 Å². The molecule has 0 aliphatic rings. The molecule has 0 amide bonds. The van der Waals surface area contributed by atoms with Gasteiger partial charge >= 0.3 is 0 Å². The lowest BCUT2D eigenvalue weighted by molar-refractivity contribution is 0.821. The van der Waals surface area contributed by atoms with Crippen LogP contribution in [0.3, 0.4) is 0 Å². The van der Waals surface area contributed by atoms with E-state index in [1.807, 2.05) is 0 Å². The van der Waals surface area contributed by atoms with Gasteiger partial charge in [0.05, 0.1) is 6.67 Å². The summed E-state index contributed by atoms with van der Waals surface area (Å²) in [5, 5.41) is 3.81. The van der Waals surface area contributed by atoms with Gasteiger partial charge < -0.3 is 9.99 Å². The fourth-order valence-electron chi connectivity index (χ4n) is 3.99. The summed E-state index contributed by atoms with van der Waals surface area (Å²) in [7, 11) is 0.281. The predicted octanol–water partition coefficient (Wildman–Crippen LogP) is 8.27. The van der Waals surface area contributed by atoms with Crippen LogP contribution in [0.4, 0.5) is 11.4 Å². The lowest BCUT2D eigenvalue weighted by Gasteiger charge is -2.31.